The Hall–Kier alpha value is -2.29. The van der Waals surface area contributed by atoms with Crippen LogP contribution in [0.5, 0.6) is 11.5 Å². The molecule has 0 atom stereocenters. The van der Waals surface area contributed by atoms with Crippen LogP contribution in [0, 0.1) is 0 Å². The summed E-state index contributed by atoms with van der Waals surface area (Å²) in [6.45, 7) is 5.75. The van der Waals surface area contributed by atoms with Crippen molar-refractivity contribution in [3.05, 3.63) is 53.1 Å². The van der Waals surface area contributed by atoms with Crippen LogP contribution in [0.25, 0.3) is 0 Å². The lowest BCUT2D eigenvalue weighted by atomic mass is 10.0. The van der Waals surface area contributed by atoms with Gasteiger partial charge in [-0.1, -0.05) is 38.0 Å². The molecule has 2 aromatic carbocycles. The molecule has 0 aliphatic rings. The normalized spacial score (nSPS) is 11.6. The summed E-state index contributed by atoms with van der Waals surface area (Å²) >= 11 is 0. The fourth-order valence-corrected chi connectivity index (χ4v) is 4.37. The lowest BCUT2D eigenvalue weighted by molar-refractivity contribution is 0.399. The maximum atomic E-state index is 11.2. The minimum atomic E-state index is -3.23. The molecule has 0 aliphatic carbocycles. The van der Waals surface area contributed by atoms with Gasteiger partial charge in [0.2, 0.25) is 10.0 Å². The van der Waals surface area contributed by atoms with E-state index in [1.165, 1.54) is 18.4 Å². The third-order valence-electron chi connectivity index (χ3n) is 5.59. The summed E-state index contributed by atoms with van der Waals surface area (Å²) in [4.78, 5) is 0. The quantitative estimate of drug-likeness (QED) is 0.187. The molecule has 0 radical (unpaired) electrons. The van der Waals surface area contributed by atoms with Crippen molar-refractivity contribution in [2.24, 2.45) is 0 Å². The highest BCUT2D eigenvalue weighted by molar-refractivity contribution is 7.92. The van der Waals surface area contributed by atoms with Gasteiger partial charge in [0, 0.05) is 11.3 Å². The standard InChI is InChI=1S/C25H39N3O4S/c1-3-23-21(10-13-24(29)25(23)30)15-19-27-17-7-5-4-6-16-26-18-14-20-8-11-22(12-9-20)28-33(2,31)32/h8-13,26-30H,3-7,14-19H2,1-2H3. The van der Waals surface area contributed by atoms with Crippen molar-refractivity contribution in [1.29, 1.82) is 0 Å². The fraction of sp³-hybridized carbons (Fsp3) is 0.520. The number of unbranched alkanes of at least 4 members (excludes halogenated alkanes) is 3. The predicted molar refractivity (Wildman–Crippen MR) is 136 cm³/mol. The zero-order valence-electron chi connectivity index (χ0n) is 19.9. The highest BCUT2D eigenvalue weighted by atomic mass is 32.2. The van der Waals surface area contributed by atoms with Crippen LogP contribution in [-0.4, -0.2) is 51.1 Å². The average molecular weight is 478 g/mol. The van der Waals surface area contributed by atoms with E-state index in [0.29, 0.717) is 12.1 Å². The summed E-state index contributed by atoms with van der Waals surface area (Å²) in [5.41, 5.74) is 3.70. The second-order valence-electron chi connectivity index (χ2n) is 8.41. The number of phenols is 2. The Labute approximate surface area is 198 Å². The molecule has 0 saturated carbocycles. The van der Waals surface area contributed by atoms with Crippen LogP contribution in [-0.2, 0) is 29.3 Å². The summed E-state index contributed by atoms with van der Waals surface area (Å²) in [6, 6.07) is 11.0. The van der Waals surface area contributed by atoms with Crippen LogP contribution in [0.1, 0.15) is 49.3 Å². The summed E-state index contributed by atoms with van der Waals surface area (Å²) < 4.78 is 24.9. The number of phenolic OH excluding ortho intramolecular Hbond substituents is 2. The van der Waals surface area contributed by atoms with Crippen LogP contribution in [0.15, 0.2) is 36.4 Å². The first-order chi connectivity index (χ1) is 15.8. The topological polar surface area (TPSA) is 111 Å². The molecule has 0 heterocycles. The number of sulfonamides is 1. The van der Waals surface area contributed by atoms with Gasteiger partial charge in [0.1, 0.15) is 0 Å². The molecule has 0 unspecified atom stereocenters. The minimum absolute atomic E-state index is 0.0171. The zero-order chi connectivity index (χ0) is 24.1. The van der Waals surface area contributed by atoms with E-state index in [0.717, 1.165) is 69.2 Å². The summed E-state index contributed by atoms with van der Waals surface area (Å²) in [7, 11) is -3.23. The molecule has 7 nitrogen and oxygen atoms in total. The number of hydrogen-bond acceptors (Lipinski definition) is 6. The molecule has 33 heavy (non-hydrogen) atoms. The predicted octanol–water partition coefficient (Wildman–Crippen LogP) is 3.56. The van der Waals surface area contributed by atoms with Gasteiger partial charge in [0.15, 0.2) is 11.5 Å². The number of anilines is 1. The molecule has 0 aromatic heterocycles. The molecule has 0 bridgehead atoms. The van der Waals surface area contributed by atoms with Crippen molar-refractivity contribution in [1.82, 2.24) is 10.6 Å². The molecular formula is C25H39N3O4S. The van der Waals surface area contributed by atoms with Crippen LogP contribution in [0.2, 0.25) is 0 Å². The van der Waals surface area contributed by atoms with Gasteiger partial charge in [-0.25, -0.2) is 8.42 Å². The molecule has 0 saturated heterocycles. The highest BCUT2D eigenvalue weighted by Crippen LogP contribution is 2.31. The first kappa shape index (κ1) is 27.0. The molecule has 0 fully saturated rings. The van der Waals surface area contributed by atoms with Gasteiger partial charge >= 0.3 is 0 Å². The Kier molecular flexibility index (Phi) is 11.5. The molecule has 0 spiro atoms. The van der Waals surface area contributed by atoms with Gasteiger partial charge in [0.05, 0.1) is 6.26 Å². The Bertz CT molecular complexity index is 947. The summed E-state index contributed by atoms with van der Waals surface area (Å²) in [5, 5.41) is 26.5. The molecule has 0 amide bonds. The number of rotatable bonds is 16. The zero-order valence-corrected chi connectivity index (χ0v) is 20.7. The smallest absolute Gasteiger partial charge is 0.229 e. The molecule has 184 valence electrons. The van der Waals surface area contributed by atoms with Gasteiger partial charge in [-0.15, -0.1) is 0 Å². The minimum Gasteiger partial charge on any atom is -0.504 e. The average Bonchev–Trinajstić information content (AvgIpc) is 2.77. The van der Waals surface area contributed by atoms with Crippen molar-refractivity contribution in [2.45, 2.75) is 51.9 Å². The van der Waals surface area contributed by atoms with Crippen molar-refractivity contribution < 1.29 is 18.6 Å². The van der Waals surface area contributed by atoms with Crippen molar-refractivity contribution in [2.75, 3.05) is 37.2 Å². The van der Waals surface area contributed by atoms with E-state index in [2.05, 4.69) is 15.4 Å². The van der Waals surface area contributed by atoms with E-state index in [-0.39, 0.29) is 11.5 Å². The van der Waals surface area contributed by atoms with E-state index >= 15 is 0 Å². The van der Waals surface area contributed by atoms with E-state index in [9.17, 15) is 18.6 Å². The van der Waals surface area contributed by atoms with Gasteiger partial charge in [-0.2, -0.15) is 0 Å². The third-order valence-corrected chi connectivity index (χ3v) is 6.19. The van der Waals surface area contributed by atoms with Crippen molar-refractivity contribution in [3.8, 4) is 11.5 Å². The molecule has 2 rings (SSSR count). The first-order valence-corrected chi connectivity index (χ1v) is 13.7. The molecule has 5 N–H and O–H groups in total. The maximum absolute atomic E-state index is 11.2. The van der Waals surface area contributed by atoms with Gasteiger partial charge < -0.3 is 20.8 Å². The molecule has 2 aromatic rings. The fourth-order valence-electron chi connectivity index (χ4n) is 3.81. The van der Waals surface area contributed by atoms with Gasteiger partial charge in [0.25, 0.3) is 0 Å². The lowest BCUT2D eigenvalue weighted by Gasteiger charge is -2.12. The monoisotopic (exact) mass is 477 g/mol. The third kappa shape index (κ3) is 10.5. The number of hydrogen-bond donors (Lipinski definition) is 5. The number of benzene rings is 2. The second kappa shape index (κ2) is 14.1. The van der Waals surface area contributed by atoms with E-state index in [4.69, 9.17) is 0 Å². The van der Waals surface area contributed by atoms with Crippen molar-refractivity contribution >= 4 is 15.7 Å². The largest absolute Gasteiger partial charge is 0.504 e. The number of nitrogens with one attached hydrogen (secondary N) is 3. The Morgan fingerprint density at radius 1 is 0.788 bits per heavy atom. The van der Waals surface area contributed by atoms with E-state index < -0.39 is 10.0 Å². The first-order valence-electron chi connectivity index (χ1n) is 11.8. The van der Waals surface area contributed by atoms with E-state index in [1.54, 1.807) is 18.2 Å². The number of aromatic hydroxyl groups is 2. The summed E-state index contributed by atoms with van der Waals surface area (Å²) in [5.74, 6) is -0.0281. The Balaban J connectivity index is 1.46. The second-order valence-corrected chi connectivity index (χ2v) is 10.2. The molecule has 0 aliphatic heterocycles. The maximum Gasteiger partial charge on any atom is 0.229 e. The Morgan fingerprint density at radius 2 is 1.39 bits per heavy atom. The van der Waals surface area contributed by atoms with Crippen LogP contribution < -0.4 is 15.4 Å². The summed E-state index contributed by atoms with van der Waals surface area (Å²) in [6.07, 6.45) is 8.32. The highest BCUT2D eigenvalue weighted by Gasteiger charge is 2.10. The SMILES string of the molecule is CCc1c(CCNCCCCCCNCCc2ccc(NS(C)(=O)=O)cc2)ccc(O)c1O. The van der Waals surface area contributed by atoms with Crippen LogP contribution in [0.3, 0.4) is 0 Å². The van der Waals surface area contributed by atoms with Gasteiger partial charge in [-0.3, -0.25) is 4.72 Å². The van der Waals surface area contributed by atoms with Crippen molar-refractivity contribution in [3.63, 3.8) is 0 Å². The lowest BCUT2D eigenvalue weighted by Crippen LogP contribution is -2.20. The molecular weight excluding hydrogens is 438 g/mol. The van der Waals surface area contributed by atoms with E-state index in [1.807, 2.05) is 25.1 Å². The van der Waals surface area contributed by atoms with Crippen LogP contribution >= 0.6 is 0 Å². The Morgan fingerprint density at radius 3 is 1.97 bits per heavy atom. The van der Waals surface area contributed by atoms with Gasteiger partial charge in [-0.05, 0) is 87.6 Å². The van der Waals surface area contributed by atoms with Crippen LogP contribution in [0.4, 0.5) is 5.69 Å². The molecule has 8 heteroatoms.